The molecule has 0 unspecified atom stereocenters. The van der Waals surface area contributed by atoms with Crippen LogP contribution in [-0.2, 0) is 11.8 Å². The average molecular weight is 444 g/mol. The molecule has 1 amide bonds. The lowest BCUT2D eigenvalue weighted by atomic mass is 10.1. The third-order valence-electron chi connectivity index (χ3n) is 4.43. The highest BCUT2D eigenvalue weighted by molar-refractivity contribution is 6.03. The predicted octanol–water partition coefficient (Wildman–Crippen LogP) is 1.34. The number of nitriles is 1. The van der Waals surface area contributed by atoms with E-state index < -0.39 is 33.6 Å². The summed E-state index contributed by atoms with van der Waals surface area (Å²) in [6.45, 7) is -0.103. The second kappa shape index (κ2) is 9.98. The standard InChI is InChI=1S/C20H20N4O8/c1-22-6-4-5-15(20(22)28)32-8-7-23(2)19(27)13(11-21)17(25)12-9-14(24(29)30)18(26)16(10-12)31-3/h4-6,9-10,25-26H,7-8H2,1-3H3/b17-13-. The highest BCUT2D eigenvalue weighted by atomic mass is 16.6. The van der Waals surface area contributed by atoms with Crippen molar-refractivity contribution in [1.29, 1.82) is 5.26 Å². The lowest BCUT2D eigenvalue weighted by molar-refractivity contribution is -0.386. The van der Waals surface area contributed by atoms with Crippen LogP contribution < -0.4 is 15.0 Å². The number of rotatable bonds is 8. The number of ether oxygens (including phenoxy) is 2. The van der Waals surface area contributed by atoms with Crippen LogP contribution in [0.4, 0.5) is 5.69 Å². The number of phenols is 1. The Morgan fingerprint density at radius 2 is 2.06 bits per heavy atom. The summed E-state index contributed by atoms with van der Waals surface area (Å²) >= 11 is 0. The van der Waals surface area contributed by atoms with Crippen molar-refractivity contribution in [3.63, 3.8) is 0 Å². The van der Waals surface area contributed by atoms with E-state index in [9.17, 15) is 35.2 Å². The molecule has 1 heterocycles. The zero-order valence-electron chi connectivity index (χ0n) is 17.4. The van der Waals surface area contributed by atoms with E-state index in [1.807, 2.05) is 0 Å². The summed E-state index contributed by atoms with van der Waals surface area (Å²) in [6, 6.07) is 6.53. The van der Waals surface area contributed by atoms with Gasteiger partial charge in [0.25, 0.3) is 11.5 Å². The van der Waals surface area contributed by atoms with Gasteiger partial charge in [0, 0.05) is 31.9 Å². The number of pyridine rings is 1. The monoisotopic (exact) mass is 444 g/mol. The number of aromatic nitrogens is 1. The predicted molar refractivity (Wildman–Crippen MR) is 111 cm³/mol. The fraction of sp³-hybridized carbons (Fsp3) is 0.250. The maximum Gasteiger partial charge on any atom is 0.315 e. The highest BCUT2D eigenvalue weighted by Crippen LogP contribution is 2.38. The summed E-state index contributed by atoms with van der Waals surface area (Å²) in [7, 11) is 4.05. The number of carbonyl (C=O) groups is 1. The first-order valence-corrected chi connectivity index (χ1v) is 9.05. The molecule has 12 heteroatoms. The van der Waals surface area contributed by atoms with Gasteiger partial charge in [-0.3, -0.25) is 19.7 Å². The van der Waals surface area contributed by atoms with Gasteiger partial charge in [0.2, 0.25) is 5.75 Å². The number of amides is 1. The van der Waals surface area contributed by atoms with Crippen molar-refractivity contribution >= 4 is 17.4 Å². The normalized spacial score (nSPS) is 11.2. The Morgan fingerprint density at radius 3 is 2.66 bits per heavy atom. The van der Waals surface area contributed by atoms with Gasteiger partial charge in [0.1, 0.15) is 18.4 Å². The Kier molecular flexibility index (Phi) is 7.41. The van der Waals surface area contributed by atoms with Gasteiger partial charge in [-0.1, -0.05) is 0 Å². The van der Waals surface area contributed by atoms with Gasteiger partial charge < -0.3 is 29.2 Å². The molecule has 12 nitrogen and oxygen atoms in total. The van der Waals surface area contributed by atoms with E-state index in [1.54, 1.807) is 25.4 Å². The molecule has 0 aliphatic heterocycles. The van der Waals surface area contributed by atoms with Crippen LogP contribution in [0.2, 0.25) is 0 Å². The number of methoxy groups -OCH3 is 1. The van der Waals surface area contributed by atoms with E-state index in [4.69, 9.17) is 9.47 Å². The van der Waals surface area contributed by atoms with E-state index >= 15 is 0 Å². The van der Waals surface area contributed by atoms with Gasteiger partial charge in [-0.05, 0) is 18.2 Å². The van der Waals surface area contributed by atoms with Crippen LogP contribution in [-0.4, -0.2) is 57.8 Å². The zero-order chi connectivity index (χ0) is 24.0. The molecule has 0 aliphatic carbocycles. The molecule has 0 aliphatic rings. The van der Waals surface area contributed by atoms with Gasteiger partial charge in [-0.2, -0.15) is 5.26 Å². The number of nitrogens with zero attached hydrogens (tertiary/aromatic N) is 4. The minimum Gasteiger partial charge on any atom is -0.506 e. The van der Waals surface area contributed by atoms with Crippen LogP contribution in [0.3, 0.4) is 0 Å². The van der Waals surface area contributed by atoms with Gasteiger partial charge in [-0.25, -0.2) is 0 Å². The number of aromatic hydroxyl groups is 1. The number of benzene rings is 1. The summed E-state index contributed by atoms with van der Waals surface area (Å²) in [5.41, 5.74) is -2.10. The number of aliphatic hydroxyl groups is 1. The molecule has 2 N–H and O–H groups in total. The first-order chi connectivity index (χ1) is 15.1. The molecule has 2 aromatic rings. The molecule has 0 saturated carbocycles. The number of aliphatic hydroxyl groups excluding tert-OH is 1. The summed E-state index contributed by atoms with van der Waals surface area (Å²) in [5, 5.41) is 40.8. The number of nitro benzene ring substituents is 1. The minimum atomic E-state index is -0.903. The summed E-state index contributed by atoms with van der Waals surface area (Å²) in [6.07, 6.45) is 1.56. The molecule has 1 aromatic heterocycles. The highest BCUT2D eigenvalue weighted by Gasteiger charge is 2.25. The summed E-state index contributed by atoms with van der Waals surface area (Å²) < 4.78 is 11.5. The second-order valence-corrected chi connectivity index (χ2v) is 6.50. The van der Waals surface area contributed by atoms with Crippen LogP contribution >= 0.6 is 0 Å². The molecule has 0 fully saturated rings. The fourth-order valence-corrected chi connectivity index (χ4v) is 2.64. The largest absolute Gasteiger partial charge is 0.506 e. The smallest absolute Gasteiger partial charge is 0.315 e. The third kappa shape index (κ3) is 4.96. The number of hydrogen-bond donors (Lipinski definition) is 2. The summed E-state index contributed by atoms with van der Waals surface area (Å²) in [5.74, 6) is -2.72. The second-order valence-electron chi connectivity index (χ2n) is 6.50. The van der Waals surface area contributed by atoms with E-state index in [0.29, 0.717) is 0 Å². The SMILES string of the molecule is COc1cc(/C(O)=C(\C#N)C(=O)N(C)CCOc2cccn(C)c2=O)cc([N+](=O)[O-])c1O. The van der Waals surface area contributed by atoms with Crippen molar-refractivity contribution in [3.05, 3.63) is 62.1 Å². The molecule has 0 atom stereocenters. The maximum absolute atomic E-state index is 12.6. The fourth-order valence-electron chi connectivity index (χ4n) is 2.64. The minimum absolute atomic E-state index is 0.0333. The zero-order valence-corrected chi connectivity index (χ0v) is 17.4. The molecular formula is C20H20N4O8. The van der Waals surface area contributed by atoms with E-state index in [1.165, 1.54) is 17.7 Å². The average Bonchev–Trinajstić information content (AvgIpc) is 2.76. The van der Waals surface area contributed by atoms with E-state index in [2.05, 4.69) is 0 Å². The number of carbonyl (C=O) groups excluding carboxylic acids is 1. The van der Waals surface area contributed by atoms with E-state index in [0.717, 1.165) is 24.1 Å². The quantitative estimate of drug-likeness (QED) is 0.201. The van der Waals surface area contributed by atoms with Crippen molar-refractivity contribution in [1.82, 2.24) is 9.47 Å². The maximum atomic E-state index is 12.6. The number of phenolic OH excluding ortho intramolecular Hbond substituents is 1. The Morgan fingerprint density at radius 1 is 1.38 bits per heavy atom. The van der Waals surface area contributed by atoms with Gasteiger partial charge in [-0.15, -0.1) is 0 Å². The van der Waals surface area contributed by atoms with E-state index in [-0.39, 0.29) is 35.8 Å². The topological polar surface area (TPSA) is 168 Å². The molecule has 168 valence electrons. The molecule has 0 saturated heterocycles. The van der Waals surface area contributed by atoms with Crippen LogP contribution in [0.1, 0.15) is 5.56 Å². The number of hydrogen-bond acceptors (Lipinski definition) is 9. The Labute approximate surface area is 181 Å². The van der Waals surface area contributed by atoms with Crippen molar-refractivity contribution in [2.24, 2.45) is 7.05 Å². The van der Waals surface area contributed by atoms with Gasteiger partial charge in [0.05, 0.1) is 18.6 Å². The van der Waals surface area contributed by atoms with Crippen LogP contribution in [0.15, 0.2) is 40.8 Å². The Balaban J connectivity index is 2.26. The van der Waals surface area contributed by atoms with Crippen LogP contribution in [0, 0.1) is 21.4 Å². The lowest BCUT2D eigenvalue weighted by Gasteiger charge is -2.17. The van der Waals surface area contributed by atoms with Crippen molar-refractivity contribution < 1.29 is 29.4 Å². The van der Waals surface area contributed by atoms with Crippen LogP contribution in [0.25, 0.3) is 5.76 Å². The third-order valence-corrected chi connectivity index (χ3v) is 4.43. The van der Waals surface area contributed by atoms with Crippen LogP contribution in [0.5, 0.6) is 17.2 Å². The number of nitro groups is 1. The van der Waals surface area contributed by atoms with Gasteiger partial charge in [0.15, 0.2) is 17.1 Å². The Hall–Kier alpha value is -4.53. The molecule has 0 spiro atoms. The van der Waals surface area contributed by atoms with Gasteiger partial charge >= 0.3 is 5.69 Å². The molecule has 2 rings (SSSR count). The number of aryl methyl sites for hydroxylation is 1. The summed E-state index contributed by atoms with van der Waals surface area (Å²) in [4.78, 5) is 35.9. The van der Waals surface area contributed by atoms with Crippen molar-refractivity contribution in [3.8, 4) is 23.3 Å². The van der Waals surface area contributed by atoms with Crippen molar-refractivity contribution in [2.45, 2.75) is 0 Å². The molecule has 1 aromatic carbocycles. The molecule has 32 heavy (non-hydrogen) atoms. The Bertz CT molecular complexity index is 1180. The molecule has 0 radical (unpaired) electrons. The first-order valence-electron chi connectivity index (χ1n) is 9.05. The molecule has 0 bridgehead atoms. The lowest BCUT2D eigenvalue weighted by Crippen LogP contribution is -2.32. The first kappa shape index (κ1) is 23.7. The molecular weight excluding hydrogens is 424 g/mol. The number of likely N-dealkylation sites (N-methyl/N-ethyl adjacent to an activating group) is 1. The van der Waals surface area contributed by atoms with Crippen molar-refractivity contribution in [2.75, 3.05) is 27.3 Å².